The van der Waals surface area contributed by atoms with Crippen molar-refractivity contribution in [2.75, 3.05) is 17.6 Å². The van der Waals surface area contributed by atoms with Crippen LogP contribution < -0.4 is 11.1 Å². The Hall–Kier alpha value is -1.32. The number of nitrogen functional groups attached to an aromatic ring is 1. The highest BCUT2D eigenvalue weighted by atomic mass is 15.1. The van der Waals surface area contributed by atoms with Gasteiger partial charge in [0.1, 0.15) is 0 Å². The number of nitrogens with two attached hydrogens (primary N) is 1. The van der Waals surface area contributed by atoms with Gasteiger partial charge in [-0.1, -0.05) is 27.7 Å². The summed E-state index contributed by atoms with van der Waals surface area (Å²) in [6.45, 7) is 10.2. The minimum absolute atomic E-state index is 0.397. The molecule has 0 bridgehead atoms. The van der Waals surface area contributed by atoms with Crippen molar-refractivity contribution in [3.8, 4) is 0 Å². The van der Waals surface area contributed by atoms with Gasteiger partial charge < -0.3 is 11.1 Å². The van der Waals surface area contributed by atoms with Crippen LogP contribution in [0, 0.1) is 16.7 Å². The van der Waals surface area contributed by atoms with Crippen molar-refractivity contribution in [2.45, 2.75) is 27.7 Å². The molecule has 0 aromatic carbocycles. The molecule has 1 aliphatic rings. The van der Waals surface area contributed by atoms with Crippen LogP contribution in [-0.4, -0.2) is 16.5 Å². The molecule has 88 valence electrons. The van der Waals surface area contributed by atoms with Crippen LogP contribution in [0.3, 0.4) is 0 Å². The first-order valence-corrected chi connectivity index (χ1v) is 5.67. The maximum atomic E-state index is 5.53. The number of aromatic nitrogens is 2. The van der Waals surface area contributed by atoms with E-state index in [-0.39, 0.29) is 0 Å². The van der Waals surface area contributed by atoms with Crippen LogP contribution in [0.25, 0.3) is 0 Å². The molecule has 1 aromatic heterocycles. The smallest absolute Gasteiger partial charge is 0.222 e. The summed E-state index contributed by atoms with van der Waals surface area (Å²) in [7, 11) is 0. The van der Waals surface area contributed by atoms with Crippen LogP contribution in [0.1, 0.15) is 27.7 Å². The zero-order chi connectivity index (χ0) is 12.0. The third kappa shape index (κ3) is 1.62. The summed E-state index contributed by atoms with van der Waals surface area (Å²) in [6, 6.07) is 0. The molecule has 0 atom stereocenters. The molecular weight excluding hydrogens is 200 g/mol. The van der Waals surface area contributed by atoms with Crippen LogP contribution in [0.2, 0.25) is 0 Å². The molecular formula is C12H20N4. The molecule has 0 radical (unpaired) electrons. The van der Waals surface area contributed by atoms with Gasteiger partial charge in [0.15, 0.2) is 0 Å². The fourth-order valence-electron chi connectivity index (χ4n) is 2.47. The van der Waals surface area contributed by atoms with E-state index in [9.17, 15) is 0 Å². The SMILES string of the molecule is CC1(C)C(CNc2ncc(N)cn2)C1(C)C. The number of nitrogens with one attached hydrogen (secondary N) is 1. The van der Waals surface area contributed by atoms with Crippen molar-refractivity contribution in [2.24, 2.45) is 16.7 Å². The van der Waals surface area contributed by atoms with Gasteiger partial charge in [-0.2, -0.15) is 0 Å². The number of nitrogens with zero attached hydrogens (tertiary/aromatic N) is 2. The summed E-state index contributed by atoms with van der Waals surface area (Å²) in [4.78, 5) is 8.25. The van der Waals surface area contributed by atoms with Gasteiger partial charge in [-0.05, 0) is 16.7 Å². The minimum Gasteiger partial charge on any atom is -0.396 e. The zero-order valence-electron chi connectivity index (χ0n) is 10.4. The fraction of sp³-hybridized carbons (Fsp3) is 0.667. The lowest BCUT2D eigenvalue weighted by Gasteiger charge is -2.05. The molecule has 0 amide bonds. The van der Waals surface area contributed by atoms with Crippen molar-refractivity contribution in [1.82, 2.24) is 9.97 Å². The van der Waals surface area contributed by atoms with E-state index in [1.54, 1.807) is 12.4 Å². The number of anilines is 2. The first kappa shape index (κ1) is 11.2. The summed E-state index contributed by atoms with van der Waals surface area (Å²) in [5.74, 6) is 1.33. The van der Waals surface area contributed by atoms with E-state index in [0.29, 0.717) is 28.4 Å². The molecule has 0 spiro atoms. The average Bonchev–Trinajstić information content (AvgIpc) is 2.58. The standard InChI is InChI=1S/C12H20N4/c1-11(2)9(12(11,3)4)7-16-10-14-5-8(13)6-15-10/h5-6,9H,7,13H2,1-4H3,(H,14,15,16). The Morgan fingerprint density at radius 3 is 2.12 bits per heavy atom. The maximum Gasteiger partial charge on any atom is 0.222 e. The first-order chi connectivity index (χ1) is 7.35. The summed E-state index contributed by atoms with van der Waals surface area (Å²) >= 11 is 0. The third-order valence-electron chi connectivity index (χ3n) is 4.46. The van der Waals surface area contributed by atoms with Crippen LogP contribution in [0.5, 0.6) is 0 Å². The van der Waals surface area contributed by atoms with Gasteiger partial charge in [-0.15, -0.1) is 0 Å². The number of hydrogen-bond donors (Lipinski definition) is 2. The normalized spacial score (nSPS) is 21.8. The summed E-state index contributed by atoms with van der Waals surface area (Å²) in [5.41, 5.74) is 6.92. The van der Waals surface area contributed by atoms with E-state index in [1.807, 2.05) is 0 Å². The molecule has 1 heterocycles. The summed E-state index contributed by atoms with van der Waals surface area (Å²) < 4.78 is 0. The lowest BCUT2D eigenvalue weighted by molar-refractivity contribution is 0.457. The highest BCUT2D eigenvalue weighted by Crippen LogP contribution is 2.68. The Kier molecular flexibility index (Phi) is 2.33. The molecule has 16 heavy (non-hydrogen) atoms. The third-order valence-corrected chi connectivity index (χ3v) is 4.46. The highest BCUT2D eigenvalue weighted by Gasteiger charge is 2.64. The Bertz CT molecular complexity index is 367. The second kappa shape index (κ2) is 3.34. The van der Waals surface area contributed by atoms with Crippen molar-refractivity contribution in [3.63, 3.8) is 0 Å². The Morgan fingerprint density at radius 1 is 1.19 bits per heavy atom. The predicted molar refractivity (Wildman–Crippen MR) is 66.0 cm³/mol. The van der Waals surface area contributed by atoms with Crippen molar-refractivity contribution in [1.29, 1.82) is 0 Å². The van der Waals surface area contributed by atoms with Gasteiger partial charge >= 0.3 is 0 Å². The van der Waals surface area contributed by atoms with Crippen molar-refractivity contribution < 1.29 is 0 Å². The second-order valence-corrected chi connectivity index (χ2v) is 5.72. The van der Waals surface area contributed by atoms with Gasteiger partial charge in [0, 0.05) is 6.54 Å². The van der Waals surface area contributed by atoms with Crippen molar-refractivity contribution in [3.05, 3.63) is 12.4 Å². The fourth-order valence-corrected chi connectivity index (χ4v) is 2.47. The largest absolute Gasteiger partial charge is 0.396 e. The number of rotatable bonds is 3. The van der Waals surface area contributed by atoms with Crippen LogP contribution >= 0.6 is 0 Å². The molecule has 0 aliphatic heterocycles. The average molecular weight is 220 g/mol. The molecule has 1 aliphatic carbocycles. The number of hydrogen-bond acceptors (Lipinski definition) is 4. The predicted octanol–water partition coefficient (Wildman–Crippen LogP) is 2.15. The molecule has 1 aromatic rings. The van der Waals surface area contributed by atoms with Gasteiger partial charge in [0.25, 0.3) is 0 Å². The maximum absolute atomic E-state index is 5.53. The second-order valence-electron chi connectivity index (χ2n) is 5.72. The quantitative estimate of drug-likeness (QED) is 0.819. The molecule has 4 heteroatoms. The van der Waals surface area contributed by atoms with Gasteiger partial charge in [0.05, 0.1) is 18.1 Å². The van der Waals surface area contributed by atoms with E-state index < -0.39 is 0 Å². The first-order valence-electron chi connectivity index (χ1n) is 5.67. The molecule has 4 nitrogen and oxygen atoms in total. The van der Waals surface area contributed by atoms with Crippen LogP contribution in [0.15, 0.2) is 12.4 Å². The topological polar surface area (TPSA) is 63.8 Å². The van der Waals surface area contributed by atoms with E-state index in [4.69, 9.17) is 5.73 Å². The summed E-state index contributed by atoms with van der Waals surface area (Å²) in [5, 5.41) is 3.27. The van der Waals surface area contributed by atoms with Gasteiger partial charge in [-0.3, -0.25) is 0 Å². The molecule has 1 saturated carbocycles. The minimum atomic E-state index is 0.397. The van der Waals surface area contributed by atoms with Gasteiger partial charge in [-0.25, -0.2) is 9.97 Å². The lowest BCUT2D eigenvalue weighted by Crippen LogP contribution is -2.10. The molecule has 3 N–H and O–H groups in total. The molecule has 0 unspecified atom stereocenters. The van der Waals surface area contributed by atoms with E-state index in [0.717, 1.165) is 6.54 Å². The van der Waals surface area contributed by atoms with E-state index >= 15 is 0 Å². The Balaban J connectivity index is 1.93. The van der Waals surface area contributed by atoms with E-state index in [2.05, 4.69) is 43.0 Å². The highest BCUT2D eigenvalue weighted by molar-refractivity contribution is 5.36. The van der Waals surface area contributed by atoms with Crippen molar-refractivity contribution >= 4 is 11.6 Å². The monoisotopic (exact) mass is 220 g/mol. The Labute approximate surface area is 96.7 Å². The lowest BCUT2D eigenvalue weighted by atomic mass is 10.0. The molecule has 1 fully saturated rings. The van der Waals surface area contributed by atoms with Gasteiger partial charge in [0.2, 0.25) is 5.95 Å². The Morgan fingerprint density at radius 2 is 1.69 bits per heavy atom. The van der Waals surface area contributed by atoms with Crippen LogP contribution in [-0.2, 0) is 0 Å². The zero-order valence-corrected chi connectivity index (χ0v) is 10.4. The molecule has 2 rings (SSSR count). The molecule has 0 saturated heterocycles. The summed E-state index contributed by atoms with van der Waals surface area (Å²) in [6.07, 6.45) is 3.25. The van der Waals surface area contributed by atoms with E-state index in [1.165, 1.54) is 0 Å². The van der Waals surface area contributed by atoms with Crippen LogP contribution in [0.4, 0.5) is 11.6 Å².